The molecule has 4 heterocycles. The van der Waals surface area contributed by atoms with Crippen molar-refractivity contribution in [2.45, 2.75) is 32.4 Å². The Morgan fingerprint density at radius 3 is 2.96 bits per heavy atom. The number of ether oxygens (including phenoxy) is 1. The summed E-state index contributed by atoms with van der Waals surface area (Å²) in [6, 6.07) is 10.4. The number of carbonyl (C=O) groups is 1. The van der Waals surface area contributed by atoms with E-state index >= 15 is 0 Å². The van der Waals surface area contributed by atoms with E-state index in [1.54, 1.807) is 6.92 Å². The number of aromatic nitrogens is 3. The number of halogens is 1. The maximum Gasteiger partial charge on any atom is 0.219 e. The number of fused-ring (bicyclic) bond motifs is 2. The molecule has 0 bridgehead atoms. The van der Waals surface area contributed by atoms with E-state index in [2.05, 4.69) is 37.7 Å². The van der Waals surface area contributed by atoms with Crippen LogP contribution < -0.4 is 0 Å². The second-order valence-electron chi connectivity index (χ2n) is 7.43. The fourth-order valence-electron chi connectivity index (χ4n) is 4.28. The molecule has 2 aliphatic rings. The summed E-state index contributed by atoms with van der Waals surface area (Å²) in [6.07, 6.45) is 1.81. The predicted molar refractivity (Wildman–Crippen MR) is 110 cm³/mol. The number of nitrogens with zero attached hydrogens (tertiary/aromatic N) is 4. The maximum atomic E-state index is 12.0. The van der Waals surface area contributed by atoms with E-state index < -0.39 is 0 Å². The van der Waals surface area contributed by atoms with Crippen molar-refractivity contribution in [3.63, 3.8) is 0 Å². The first-order valence-electron chi connectivity index (χ1n) is 9.61. The largest absolute Gasteiger partial charge is 0.379 e. The van der Waals surface area contributed by atoms with E-state index in [0.29, 0.717) is 13.2 Å². The van der Waals surface area contributed by atoms with Gasteiger partial charge in [-0.25, -0.2) is 4.98 Å². The Morgan fingerprint density at radius 1 is 1.29 bits per heavy atom. The molecular weight excluding hydrogens is 420 g/mol. The van der Waals surface area contributed by atoms with Crippen molar-refractivity contribution in [3.05, 3.63) is 46.2 Å². The highest BCUT2D eigenvalue weighted by Gasteiger charge is 2.31. The van der Waals surface area contributed by atoms with Gasteiger partial charge in [0.05, 0.1) is 23.9 Å². The third kappa shape index (κ3) is 2.93. The van der Waals surface area contributed by atoms with Gasteiger partial charge in [-0.15, -0.1) is 0 Å². The normalized spacial score (nSPS) is 19.2. The van der Waals surface area contributed by atoms with Gasteiger partial charge >= 0.3 is 0 Å². The monoisotopic (exact) mass is 440 g/mol. The Balaban J connectivity index is 1.70. The van der Waals surface area contributed by atoms with Crippen LogP contribution in [0.3, 0.4) is 0 Å². The minimum Gasteiger partial charge on any atom is -0.379 e. The molecule has 5 rings (SSSR count). The number of hydrogen-bond donors (Lipinski definition) is 0. The molecule has 3 aromatic rings. The molecule has 0 N–H and O–H groups in total. The summed E-state index contributed by atoms with van der Waals surface area (Å²) in [7, 11) is 0. The van der Waals surface area contributed by atoms with E-state index in [4.69, 9.17) is 9.84 Å². The van der Waals surface area contributed by atoms with E-state index in [1.165, 1.54) is 5.69 Å². The molecule has 0 radical (unpaired) electrons. The summed E-state index contributed by atoms with van der Waals surface area (Å²) in [6.45, 7) is 4.46. The van der Waals surface area contributed by atoms with Crippen LogP contribution in [0.1, 0.15) is 30.6 Å². The zero-order valence-electron chi connectivity index (χ0n) is 15.7. The van der Waals surface area contributed by atoms with Gasteiger partial charge in [0, 0.05) is 55.2 Å². The van der Waals surface area contributed by atoms with Gasteiger partial charge in [-0.2, -0.15) is 5.10 Å². The molecule has 0 unspecified atom stereocenters. The van der Waals surface area contributed by atoms with Gasteiger partial charge in [0.2, 0.25) is 5.91 Å². The minimum atomic E-state index is 0.108. The van der Waals surface area contributed by atoms with E-state index in [9.17, 15) is 4.79 Å². The van der Waals surface area contributed by atoms with E-state index in [0.717, 1.165) is 58.3 Å². The average Bonchev–Trinajstić information content (AvgIpc) is 3.34. The molecule has 1 saturated heterocycles. The first-order chi connectivity index (χ1) is 13.6. The second kappa shape index (κ2) is 6.97. The summed E-state index contributed by atoms with van der Waals surface area (Å²) in [4.78, 5) is 18.5. The lowest BCUT2D eigenvalue weighted by atomic mass is 9.98. The van der Waals surface area contributed by atoms with E-state index in [1.807, 2.05) is 23.1 Å². The highest BCUT2D eigenvalue weighted by molar-refractivity contribution is 9.10. The Labute approximate surface area is 171 Å². The Bertz CT molecular complexity index is 1070. The molecule has 1 aromatic carbocycles. The maximum absolute atomic E-state index is 12.0. The molecule has 7 heteroatoms. The Morgan fingerprint density at radius 2 is 2.18 bits per heavy atom. The van der Waals surface area contributed by atoms with Crippen molar-refractivity contribution in [2.75, 3.05) is 19.8 Å². The molecule has 0 saturated carbocycles. The number of carbonyl (C=O) groups excluding carboxylic acids is 1. The summed E-state index contributed by atoms with van der Waals surface area (Å²) >= 11 is 3.46. The molecule has 1 atom stereocenters. The topological polar surface area (TPSA) is 60.2 Å². The third-order valence-corrected chi connectivity index (χ3v) is 6.18. The molecule has 28 heavy (non-hydrogen) atoms. The Hall–Kier alpha value is -2.25. The van der Waals surface area contributed by atoms with Crippen LogP contribution in [0, 0.1) is 0 Å². The third-order valence-electron chi connectivity index (χ3n) is 5.74. The van der Waals surface area contributed by atoms with Gasteiger partial charge in [0.1, 0.15) is 4.60 Å². The van der Waals surface area contributed by atoms with Crippen LogP contribution in [0.2, 0.25) is 0 Å². The summed E-state index contributed by atoms with van der Waals surface area (Å²) < 4.78 is 8.60. The van der Waals surface area contributed by atoms with Crippen LogP contribution in [0.5, 0.6) is 0 Å². The zero-order valence-corrected chi connectivity index (χ0v) is 17.3. The van der Waals surface area contributed by atoms with Crippen molar-refractivity contribution in [1.29, 1.82) is 0 Å². The van der Waals surface area contributed by atoms with Gasteiger partial charge in [-0.05, 0) is 40.5 Å². The lowest BCUT2D eigenvalue weighted by Crippen LogP contribution is -2.35. The fourth-order valence-corrected chi connectivity index (χ4v) is 4.61. The molecule has 6 nitrogen and oxygen atoms in total. The summed E-state index contributed by atoms with van der Waals surface area (Å²) in [5.41, 5.74) is 5.35. The number of hydrogen-bond acceptors (Lipinski definition) is 4. The number of amides is 1. The average molecular weight is 441 g/mol. The predicted octanol–water partition coefficient (Wildman–Crippen LogP) is 3.73. The first kappa shape index (κ1) is 17.8. The molecule has 2 aliphatic heterocycles. The smallest absolute Gasteiger partial charge is 0.219 e. The quantitative estimate of drug-likeness (QED) is 0.569. The minimum absolute atomic E-state index is 0.108. The van der Waals surface area contributed by atoms with Crippen molar-refractivity contribution in [1.82, 2.24) is 19.7 Å². The molecule has 0 spiro atoms. The van der Waals surface area contributed by atoms with Crippen LogP contribution in [0.15, 0.2) is 34.9 Å². The highest BCUT2D eigenvalue weighted by atomic mass is 79.9. The molecule has 1 fully saturated rings. The van der Waals surface area contributed by atoms with Crippen LogP contribution in [0.25, 0.3) is 22.2 Å². The van der Waals surface area contributed by atoms with E-state index in [-0.39, 0.29) is 11.9 Å². The van der Waals surface area contributed by atoms with Crippen LogP contribution in [-0.2, 0) is 22.5 Å². The van der Waals surface area contributed by atoms with Crippen molar-refractivity contribution >= 4 is 32.7 Å². The number of pyridine rings is 1. The van der Waals surface area contributed by atoms with Gasteiger partial charge in [-0.3, -0.25) is 9.48 Å². The number of benzene rings is 1. The zero-order chi connectivity index (χ0) is 19.3. The number of rotatable bonds is 2. The lowest BCUT2D eigenvalue weighted by Gasteiger charge is -2.27. The molecule has 0 aliphatic carbocycles. The summed E-state index contributed by atoms with van der Waals surface area (Å²) in [5.74, 6) is 0.108. The standard InChI is InChI=1S/C21H21BrN4O2/c1-13(27)25-9-7-19-17(11-25)21(24-26(19)14-8-10-28-12-14)16-3-2-4-18-15(16)5-6-20(22)23-18/h2-6,14H,7-12H2,1H3/t14-/m0/s1. The van der Waals surface area contributed by atoms with Gasteiger partial charge < -0.3 is 9.64 Å². The van der Waals surface area contributed by atoms with Gasteiger partial charge in [-0.1, -0.05) is 12.1 Å². The van der Waals surface area contributed by atoms with Crippen LogP contribution >= 0.6 is 15.9 Å². The second-order valence-corrected chi connectivity index (χ2v) is 8.25. The van der Waals surface area contributed by atoms with Crippen molar-refractivity contribution in [3.8, 4) is 11.3 Å². The molecular formula is C21H21BrN4O2. The summed E-state index contributed by atoms with van der Waals surface area (Å²) in [5, 5.41) is 6.14. The molecule has 144 valence electrons. The molecule has 2 aromatic heterocycles. The first-order valence-corrected chi connectivity index (χ1v) is 10.4. The SMILES string of the molecule is CC(=O)N1CCc2c(c(-c3cccc4nc(Br)ccc34)nn2[C@H]2CCOC2)C1. The van der Waals surface area contributed by atoms with Crippen molar-refractivity contribution in [2.24, 2.45) is 0 Å². The highest BCUT2D eigenvalue weighted by Crippen LogP contribution is 2.36. The van der Waals surface area contributed by atoms with Crippen LogP contribution in [0.4, 0.5) is 0 Å². The lowest BCUT2D eigenvalue weighted by molar-refractivity contribution is -0.129. The van der Waals surface area contributed by atoms with Gasteiger partial charge in [0.15, 0.2) is 0 Å². The Kier molecular flexibility index (Phi) is 4.44. The molecule has 1 amide bonds. The fraction of sp³-hybridized carbons (Fsp3) is 0.381. The van der Waals surface area contributed by atoms with Gasteiger partial charge in [0.25, 0.3) is 0 Å². The van der Waals surface area contributed by atoms with Crippen molar-refractivity contribution < 1.29 is 9.53 Å². The van der Waals surface area contributed by atoms with Crippen LogP contribution in [-0.4, -0.2) is 45.3 Å².